The van der Waals surface area contributed by atoms with Crippen LogP contribution in [-0.4, -0.2) is 72.3 Å². The molecule has 10 nitrogen and oxygen atoms in total. The summed E-state index contributed by atoms with van der Waals surface area (Å²) >= 11 is 0. The van der Waals surface area contributed by atoms with E-state index in [1.807, 2.05) is 4.90 Å². The van der Waals surface area contributed by atoms with E-state index in [1.54, 1.807) is 36.3 Å². The van der Waals surface area contributed by atoms with Crippen molar-refractivity contribution < 1.29 is 24.0 Å². The molecule has 2 aliphatic rings. The van der Waals surface area contributed by atoms with E-state index in [2.05, 4.69) is 0 Å². The van der Waals surface area contributed by atoms with Gasteiger partial charge in [-0.2, -0.15) is 0 Å². The minimum atomic E-state index is -0.744. The summed E-state index contributed by atoms with van der Waals surface area (Å²) in [6.45, 7) is 2.20. The Labute approximate surface area is 177 Å². The molecule has 2 aromatic carbocycles. The minimum absolute atomic E-state index is 0.0486. The van der Waals surface area contributed by atoms with E-state index in [0.29, 0.717) is 43.2 Å². The van der Waals surface area contributed by atoms with Crippen LogP contribution in [0.5, 0.6) is 5.75 Å². The van der Waals surface area contributed by atoms with Crippen LogP contribution in [0.3, 0.4) is 0 Å². The van der Waals surface area contributed by atoms with E-state index in [0.717, 1.165) is 6.07 Å². The number of hydrogen-bond donors (Lipinski definition) is 0. The van der Waals surface area contributed by atoms with Crippen molar-refractivity contribution in [2.45, 2.75) is 0 Å². The predicted octanol–water partition coefficient (Wildman–Crippen LogP) is 1.55. The number of fused-ring (bicyclic) bond motifs is 1. The third-order valence-corrected chi connectivity index (χ3v) is 5.50. The molecular formula is C21H20N4O6. The molecule has 2 aromatic rings. The van der Waals surface area contributed by atoms with Crippen LogP contribution >= 0.6 is 0 Å². The summed E-state index contributed by atoms with van der Waals surface area (Å²) in [5.41, 5.74) is 0.766. The Morgan fingerprint density at radius 2 is 1.74 bits per heavy atom. The number of amides is 2. The van der Waals surface area contributed by atoms with Gasteiger partial charge in [-0.3, -0.25) is 34.3 Å². The van der Waals surface area contributed by atoms with Gasteiger partial charge in [0, 0.05) is 43.9 Å². The number of ether oxygens (including phenoxy) is 1. The summed E-state index contributed by atoms with van der Waals surface area (Å²) in [4.78, 5) is 52.8. The zero-order chi connectivity index (χ0) is 22.1. The van der Waals surface area contributed by atoms with Gasteiger partial charge in [0.05, 0.1) is 30.0 Å². The molecule has 10 heteroatoms. The summed E-state index contributed by atoms with van der Waals surface area (Å²) in [5.74, 6) is -0.844. The topological polar surface area (TPSA) is 113 Å². The molecule has 0 aliphatic carbocycles. The molecule has 2 heterocycles. The summed E-state index contributed by atoms with van der Waals surface area (Å²) in [6.07, 6.45) is 0. The average molecular weight is 424 g/mol. The second-order valence-corrected chi connectivity index (χ2v) is 7.30. The fraction of sp³-hybridized carbons (Fsp3) is 0.286. The Morgan fingerprint density at radius 1 is 1.06 bits per heavy atom. The maximum absolute atomic E-state index is 12.7. The normalized spacial score (nSPS) is 16.4. The lowest BCUT2D eigenvalue weighted by Gasteiger charge is -2.36. The molecule has 31 heavy (non-hydrogen) atoms. The highest BCUT2D eigenvalue weighted by Gasteiger charge is 2.38. The van der Waals surface area contributed by atoms with Gasteiger partial charge in [-0.05, 0) is 30.3 Å². The maximum atomic E-state index is 12.7. The third kappa shape index (κ3) is 3.84. The Balaban J connectivity index is 1.40. The highest BCUT2D eigenvalue weighted by atomic mass is 16.6. The maximum Gasteiger partial charge on any atom is 0.300 e. The van der Waals surface area contributed by atoms with Crippen molar-refractivity contribution in [1.29, 1.82) is 0 Å². The number of carbonyl (C=O) groups is 3. The molecular weight excluding hydrogens is 404 g/mol. The number of anilines is 1. The molecule has 0 atom stereocenters. The summed E-state index contributed by atoms with van der Waals surface area (Å²) in [7, 11) is 1.56. The van der Waals surface area contributed by atoms with Crippen molar-refractivity contribution in [2.75, 3.05) is 44.9 Å². The molecule has 0 spiro atoms. The van der Waals surface area contributed by atoms with Crippen molar-refractivity contribution in [3.63, 3.8) is 0 Å². The molecule has 0 aromatic heterocycles. The lowest BCUT2D eigenvalue weighted by atomic mass is 10.1. The summed E-state index contributed by atoms with van der Waals surface area (Å²) < 4.78 is 5.11. The van der Waals surface area contributed by atoms with Gasteiger partial charge < -0.3 is 9.64 Å². The molecule has 4 rings (SSSR count). The highest BCUT2D eigenvalue weighted by molar-refractivity contribution is 6.52. The molecule has 1 fully saturated rings. The monoisotopic (exact) mass is 424 g/mol. The third-order valence-electron chi connectivity index (χ3n) is 5.50. The van der Waals surface area contributed by atoms with Gasteiger partial charge >= 0.3 is 5.91 Å². The number of hydrogen-bond acceptors (Lipinski definition) is 7. The number of nitro groups is 1. The molecule has 0 radical (unpaired) electrons. The Bertz CT molecular complexity index is 1060. The minimum Gasteiger partial charge on any atom is -0.497 e. The van der Waals surface area contributed by atoms with Crippen LogP contribution < -0.4 is 9.64 Å². The van der Waals surface area contributed by atoms with Crippen molar-refractivity contribution in [3.05, 3.63) is 63.7 Å². The first-order chi connectivity index (χ1) is 14.9. The van der Waals surface area contributed by atoms with Crippen LogP contribution in [0.1, 0.15) is 20.7 Å². The van der Waals surface area contributed by atoms with Crippen LogP contribution in [0.4, 0.5) is 11.4 Å². The van der Waals surface area contributed by atoms with Gasteiger partial charge in [-0.15, -0.1) is 0 Å². The number of rotatable bonds is 5. The van der Waals surface area contributed by atoms with Crippen LogP contribution in [0, 0.1) is 10.1 Å². The second kappa shape index (κ2) is 8.15. The molecule has 0 saturated carbocycles. The van der Waals surface area contributed by atoms with E-state index < -0.39 is 16.6 Å². The second-order valence-electron chi connectivity index (χ2n) is 7.30. The van der Waals surface area contributed by atoms with Crippen molar-refractivity contribution >= 4 is 29.0 Å². The molecule has 1 saturated heterocycles. The number of carbonyl (C=O) groups excluding carboxylic acids is 3. The van der Waals surface area contributed by atoms with Crippen molar-refractivity contribution in [3.8, 4) is 5.75 Å². The molecule has 0 N–H and O–H groups in total. The van der Waals surface area contributed by atoms with E-state index in [-0.39, 0.29) is 23.8 Å². The fourth-order valence-corrected chi connectivity index (χ4v) is 3.75. The number of Topliss-reactive ketones (excluding diaryl/α,β-unsaturated/α-hetero) is 1. The molecule has 2 amide bonds. The predicted molar refractivity (Wildman–Crippen MR) is 110 cm³/mol. The number of methoxy groups -OCH3 is 1. The van der Waals surface area contributed by atoms with Gasteiger partial charge in [0.25, 0.3) is 17.4 Å². The van der Waals surface area contributed by atoms with Gasteiger partial charge in [0.1, 0.15) is 5.75 Å². The number of piperazine rings is 1. The van der Waals surface area contributed by atoms with Gasteiger partial charge in [-0.25, -0.2) is 0 Å². The highest BCUT2D eigenvalue weighted by Crippen LogP contribution is 2.32. The Kier molecular flexibility index (Phi) is 5.38. The van der Waals surface area contributed by atoms with E-state index in [1.165, 1.54) is 17.0 Å². The first-order valence-corrected chi connectivity index (χ1v) is 9.69. The number of ketones is 1. The zero-order valence-corrected chi connectivity index (χ0v) is 16.8. The Hall–Kier alpha value is -3.79. The lowest BCUT2D eigenvalue weighted by Crippen LogP contribution is -2.52. The number of nitro benzene ring substituents is 1. The first kappa shape index (κ1) is 20.5. The van der Waals surface area contributed by atoms with Crippen LogP contribution in [0.25, 0.3) is 0 Å². The van der Waals surface area contributed by atoms with Crippen LogP contribution in [0.2, 0.25) is 0 Å². The summed E-state index contributed by atoms with van der Waals surface area (Å²) in [6, 6.07) is 10.8. The SMILES string of the molecule is COc1ccc(C(=O)N2CCN(CN3C(=O)C(=O)c4cc([N+](=O)[O-])ccc43)CC2)cc1. The standard InChI is InChI=1S/C21H20N4O6/c1-31-16-5-2-14(3-6-16)20(27)23-10-8-22(9-11-23)13-24-18-7-4-15(25(29)30)12-17(18)19(26)21(24)28/h2-7,12H,8-11,13H2,1H3. The molecule has 0 bridgehead atoms. The zero-order valence-electron chi connectivity index (χ0n) is 16.8. The fourth-order valence-electron chi connectivity index (χ4n) is 3.75. The molecule has 0 unspecified atom stereocenters. The smallest absolute Gasteiger partial charge is 0.300 e. The van der Waals surface area contributed by atoms with E-state index in [9.17, 15) is 24.5 Å². The van der Waals surface area contributed by atoms with Gasteiger partial charge in [0.2, 0.25) is 0 Å². The largest absolute Gasteiger partial charge is 0.497 e. The lowest BCUT2D eigenvalue weighted by molar-refractivity contribution is -0.384. The molecule has 160 valence electrons. The van der Waals surface area contributed by atoms with E-state index >= 15 is 0 Å². The van der Waals surface area contributed by atoms with Crippen molar-refractivity contribution in [2.24, 2.45) is 0 Å². The first-order valence-electron chi connectivity index (χ1n) is 9.69. The van der Waals surface area contributed by atoms with Crippen LogP contribution in [0.15, 0.2) is 42.5 Å². The Morgan fingerprint density at radius 3 is 2.35 bits per heavy atom. The average Bonchev–Trinajstić information content (AvgIpc) is 3.03. The van der Waals surface area contributed by atoms with Crippen LogP contribution in [-0.2, 0) is 4.79 Å². The summed E-state index contributed by atoms with van der Waals surface area (Å²) in [5, 5.41) is 11.0. The van der Waals surface area contributed by atoms with E-state index in [4.69, 9.17) is 4.74 Å². The number of benzene rings is 2. The quantitative estimate of drug-likeness (QED) is 0.406. The van der Waals surface area contributed by atoms with Crippen molar-refractivity contribution in [1.82, 2.24) is 9.80 Å². The van der Waals surface area contributed by atoms with Gasteiger partial charge in [-0.1, -0.05) is 0 Å². The number of nitrogens with zero attached hydrogens (tertiary/aromatic N) is 4. The van der Waals surface area contributed by atoms with Gasteiger partial charge in [0.15, 0.2) is 0 Å². The number of non-ortho nitro benzene ring substituents is 1. The molecule has 2 aliphatic heterocycles.